The van der Waals surface area contributed by atoms with Gasteiger partial charge in [0.25, 0.3) is 0 Å². The minimum Gasteiger partial charge on any atom is -0.493 e. The van der Waals surface area contributed by atoms with Crippen molar-refractivity contribution in [2.75, 3.05) is 13.7 Å². The molecule has 3 heteroatoms. The smallest absolute Gasteiger partial charge is 0.220 e. The van der Waals surface area contributed by atoms with Crippen LogP contribution >= 0.6 is 0 Å². The van der Waals surface area contributed by atoms with E-state index in [9.17, 15) is 4.79 Å². The lowest BCUT2D eigenvalue weighted by Crippen LogP contribution is -2.18. The number of hydrogen-bond donors (Lipinski definition) is 1. The minimum atomic E-state index is 0.0512. The van der Waals surface area contributed by atoms with Crippen LogP contribution < -0.4 is 10.1 Å². The Morgan fingerprint density at radius 1 is 1.37 bits per heavy atom. The van der Waals surface area contributed by atoms with Crippen LogP contribution in [0.3, 0.4) is 0 Å². The first-order valence-corrected chi connectivity index (χ1v) is 6.63. The summed E-state index contributed by atoms with van der Waals surface area (Å²) < 4.78 is 5.78. The van der Waals surface area contributed by atoms with Gasteiger partial charge in [-0.15, -0.1) is 6.58 Å². The molecular weight excluding hydrogens is 238 g/mol. The Balaban J connectivity index is 2.82. The normalized spacial score (nSPS) is 10.1. The Morgan fingerprint density at radius 3 is 2.68 bits per heavy atom. The van der Waals surface area contributed by atoms with Gasteiger partial charge < -0.3 is 10.1 Å². The summed E-state index contributed by atoms with van der Waals surface area (Å²) in [6.07, 6.45) is 3.84. The summed E-state index contributed by atoms with van der Waals surface area (Å²) in [5.74, 6) is 0.934. The van der Waals surface area contributed by atoms with E-state index in [-0.39, 0.29) is 5.91 Å². The van der Waals surface area contributed by atoms with E-state index in [0.717, 1.165) is 17.7 Å². The summed E-state index contributed by atoms with van der Waals surface area (Å²) in [6, 6.07) is 4.17. The molecule has 0 bridgehead atoms. The molecule has 0 saturated carbocycles. The number of ether oxygens (including phenoxy) is 1. The van der Waals surface area contributed by atoms with Crippen molar-refractivity contribution in [3.05, 3.63) is 41.5 Å². The Labute approximate surface area is 115 Å². The summed E-state index contributed by atoms with van der Waals surface area (Å²) in [6.45, 7) is 8.45. The van der Waals surface area contributed by atoms with Gasteiger partial charge in [0, 0.05) is 13.5 Å². The molecule has 1 aromatic carbocycles. The average molecular weight is 261 g/mol. The number of benzene rings is 1. The van der Waals surface area contributed by atoms with Crippen molar-refractivity contribution in [1.29, 1.82) is 0 Å². The quantitative estimate of drug-likeness (QED) is 0.605. The molecule has 0 aliphatic carbocycles. The second kappa shape index (κ2) is 7.62. The number of rotatable bonds is 7. The Morgan fingerprint density at radius 2 is 2.05 bits per heavy atom. The van der Waals surface area contributed by atoms with Crippen LogP contribution in [0.25, 0.3) is 0 Å². The van der Waals surface area contributed by atoms with E-state index < -0.39 is 0 Å². The molecule has 1 amide bonds. The zero-order valence-electron chi connectivity index (χ0n) is 12.1. The summed E-state index contributed by atoms with van der Waals surface area (Å²) in [5, 5.41) is 2.64. The van der Waals surface area contributed by atoms with Crippen LogP contribution in [0.15, 0.2) is 24.8 Å². The summed E-state index contributed by atoms with van der Waals surface area (Å²) in [7, 11) is 1.66. The van der Waals surface area contributed by atoms with Gasteiger partial charge in [-0.1, -0.05) is 12.1 Å². The Kier molecular flexibility index (Phi) is 6.13. The number of amides is 1. The van der Waals surface area contributed by atoms with Crippen molar-refractivity contribution in [1.82, 2.24) is 5.32 Å². The van der Waals surface area contributed by atoms with Gasteiger partial charge in [0.05, 0.1) is 6.61 Å². The monoisotopic (exact) mass is 261 g/mol. The van der Waals surface area contributed by atoms with Crippen LogP contribution in [-0.4, -0.2) is 19.6 Å². The van der Waals surface area contributed by atoms with E-state index in [0.29, 0.717) is 19.4 Å². The van der Waals surface area contributed by atoms with Gasteiger partial charge in [-0.3, -0.25) is 4.79 Å². The average Bonchev–Trinajstić information content (AvgIpc) is 2.40. The molecule has 0 saturated heterocycles. The van der Waals surface area contributed by atoms with Crippen molar-refractivity contribution < 1.29 is 9.53 Å². The minimum absolute atomic E-state index is 0.0512. The highest BCUT2D eigenvalue weighted by Gasteiger charge is 2.08. The largest absolute Gasteiger partial charge is 0.493 e. The molecule has 3 nitrogen and oxygen atoms in total. The number of hydrogen-bond acceptors (Lipinski definition) is 2. The Bertz CT molecular complexity index is 452. The summed E-state index contributed by atoms with van der Waals surface area (Å²) in [5.41, 5.74) is 3.52. The third-order valence-electron chi connectivity index (χ3n) is 3.16. The van der Waals surface area contributed by atoms with Crippen LogP contribution in [0.2, 0.25) is 0 Å². The molecule has 0 aromatic heterocycles. The Hall–Kier alpha value is -1.77. The van der Waals surface area contributed by atoms with Crippen molar-refractivity contribution in [3.63, 3.8) is 0 Å². The van der Waals surface area contributed by atoms with E-state index in [4.69, 9.17) is 4.74 Å². The fourth-order valence-electron chi connectivity index (χ4n) is 1.80. The van der Waals surface area contributed by atoms with Crippen LogP contribution in [0.1, 0.15) is 29.5 Å². The highest BCUT2D eigenvalue weighted by Crippen LogP contribution is 2.24. The molecule has 0 heterocycles. The molecule has 0 spiro atoms. The van der Waals surface area contributed by atoms with Crippen LogP contribution in [0.5, 0.6) is 5.75 Å². The molecule has 19 heavy (non-hydrogen) atoms. The van der Waals surface area contributed by atoms with Crippen LogP contribution in [0, 0.1) is 13.8 Å². The zero-order valence-corrected chi connectivity index (χ0v) is 12.1. The lowest BCUT2D eigenvalue weighted by molar-refractivity contribution is -0.120. The molecule has 0 fully saturated rings. The fourth-order valence-corrected chi connectivity index (χ4v) is 1.80. The van der Waals surface area contributed by atoms with Gasteiger partial charge in [-0.05, 0) is 49.4 Å². The van der Waals surface area contributed by atoms with Gasteiger partial charge in [-0.25, -0.2) is 0 Å². The maximum Gasteiger partial charge on any atom is 0.220 e. The topological polar surface area (TPSA) is 38.3 Å². The predicted molar refractivity (Wildman–Crippen MR) is 78.6 cm³/mol. The SMILES string of the molecule is C=CCCOc1cc(C)c(C)cc1CCC(=O)NC. The standard InChI is InChI=1S/C16H23NO2/c1-5-6-9-19-15-11-13(3)12(2)10-14(15)7-8-16(18)17-4/h5,10-11H,1,6-9H2,2-4H3,(H,17,18). The zero-order chi connectivity index (χ0) is 14.3. The van der Waals surface area contributed by atoms with Crippen LogP contribution in [0.4, 0.5) is 0 Å². The summed E-state index contributed by atoms with van der Waals surface area (Å²) in [4.78, 5) is 11.3. The van der Waals surface area contributed by atoms with Crippen molar-refractivity contribution in [3.8, 4) is 5.75 Å². The third kappa shape index (κ3) is 4.78. The van der Waals surface area contributed by atoms with Gasteiger partial charge in [0.1, 0.15) is 5.75 Å². The lowest BCUT2D eigenvalue weighted by atomic mass is 10.0. The van der Waals surface area contributed by atoms with Gasteiger partial charge in [-0.2, -0.15) is 0 Å². The van der Waals surface area contributed by atoms with E-state index in [2.05, 4.69) is 37.9 Å². The second-order valence-corrected chi connectivity index (χ2v) is 4.64. The molecule has 0 unspecified atom stereocenters. The fraction of sp³-hybridized carbons (Fsp3) is 0.438. The molecule has 1 N–H and O–H groups in total. The molecule has 104 valence electrons. The summed E-state index contributed by atoms with van der Waals surface area (Å²) >= 11 is 0. The molecule has 0 atom stereocenters. The molecule has 0 radical (unpaired) electrons. The third-order valence-corrected chi connectivity index (χ3v) is 3.16. The number of carbonyl (C=O) groups is 1. The van der Waals surface area contributed by atoms with Gasteiger partial charge in [0.2, 0.25) is 5.91 Å². The molecule has 0 aliphatic rings. The van der Waals surface area contributed by atoms with Crippen molar-refractivity contribution in [2.45, 2.75) is 33.1 Å². The molecule has 1 aromatic rings. The number of nitrogens with one attached hydrogen (secondary N) is 1. The van der Waals surface area contributed by atoms with E-state index >= 15 is 0 Å². The highest BCUT2D eigenvalue weighted by atomic mass is 16.5. The molecular formula is C16H23NO2. The van der Waals surface area contributed by atoms with Gasteiger partial charge >= 0.3 is 0 Å². The first kappa shape index (κ1) is 15.3. The molecule has 0 aliphatic heterocycles. The number of aryl methyl sites for hydroxylation is 3. The first-order valence-electron chi connectivity index (χ1n) is 6.63. The van der Waals surface area contributed by atoms with Crippen molar-refractivity contribution >= 4 is 5.91 Å². The maximum atomic E-state index is 11.3. The highest BCUT2D eigenvalue weighted by molar-refractivity contribution is 5.75. The maximum absolute atomic E-state index is 11.3. The predicted octanol–water partition coefficient (Wildman–Crippen LogP) is 2.94. The van der Waals surface area contributed by atoms with Crippen molar-refractivity contribution in [2.24, 2.45) is 0 Å². The lowest BCUT2D eigenvalue weighted by Gasteiger charge is -2.13. The molecule has 1 rings (SSSR count). The van der Waals surface area contributed by atoms with E-state index in [1.54, 1.807) is 7.05 Å². The first-order chi connectivity index (χ1) is 9.08. The van der Waals surface area contributed by atoms with E-state index in [1.165, 1.54) is 11.1 Å². The van der Waals surface area contributed by atoms with Gasteiger partial charge in [0.15, 0.2) is 0 Å². The van der Waals surface area contributed by atoms with E-state index in [1.807, 2.05) is 6.08 Å². The number of carbonyl (C=O) groups excluding carboxylic acids is 1. The van der Waals surface area contributed by atoms with Crippen LogP contribution in [-0.2, 0) is 11.2 Å². The second-order valence-electron chi connectivity index (χ2n) is 4.64.